The summed E-state index contributed by atoms with van der Waals surface area (Å²) in [6, 6.07) is 13.8. The number of halogens is 1. The molecule has 1 aromatic heterocycles. The Morgan fingerprint density at radius 2 is 2.09 bits per heavy atom. The number of carbonyl (C=O) groups excluding carboxylic acids is 1. The van der Waals surface area contributed by atoms with E-state index in [4.69, 9.17) is 11.6 Å². The van der Waals surface area contributed by atoms with Crippen molar-refractivity contribution in [1.29, 1.82) is 0 Å². The van der Waals surface area contributed by atoms with E-state index in [1.807, 2.05) is 49.5 Å². The molecule has 3 aromatic rings. The average Bonchev–Trinajstić information content (AvgIpc) is 2.88. The van der Waals surface area contributed by atoms with Crippen LogP contribution in [-0.2, 0) is 17.8 Å². The molecule has 2 aromatic carbocycles. The SMILES string of the molecule is Cc1cccc(CNC(=O)Cc2c[nH]c3ccc(Cl)cc23)c1. The monoisotopic (exact) mass is 312 g/mol. The fourth-order valence-electron chi connectivity index (χ4n) is 2.56. The first-order chi connectivity index (χ1) is 10.6. The lowest BCUT2D eigenvalue weighted by Gasteiger charge is -2.06. The second kappa shape index (κ2) is 6.24. The van der Waals surface area contributed by atoms with Gasteiger partial charge in [-0.15, -0.1) is 0 Å². The van der Waals surface area contributed by atoms with E-state index in [1.165, 1.54) is 5.56 Å². The third-order valence-electron chi connectivity index (χ3n) is 3.65. The summed E-state index contributed by atoms with van der Waals surface area (Å²) in [5, 5.41) is 4.63. The van der Waals surface area contributed by atoms with Crippen LogP contribution in [0.5, 0.6) is 0 Å². The zero-order valence-electron chi connectivity index (χ0n) is 12.3. The van der Waals surface area contributed by atoms with Gasteiger partial charge in [0.1, 0.15) is 0 Å². The van der Waals surface area contributed by atoms with Crippen molar-refractivity contribution in [2.75, 3.05) is 0 Å². The Hall–Kier alpha value is -2.26. The molecular formula is C18H17ClN2O. The Kier molecular flexibility index (Phi) is 4.16. The van der Waals surface area contributed by atoms with Crippen LogP contribution in [0.15, 0.2) is 48.7 Å². The first-order valence-corrected chi connectivity index (χ1v) is 7.57. The van der Waals surface area contributed by atoms with Gasteiger partial charge in [0.25, 0.3) is 0 Å². The predicted molar refractivity (Wildman–Crippen MR) is 90.0 cm³/mol. The van der Waals surface area contributed by atoms with Gasteiger partial charge in [0.05, 0.1) is 6.42 Å². The average molecular weight is 313 g/mol. The van der Waals surface area contributed by atoms with Crippen LogP contribution < -0.4 is 5.32 Å². The highest BCUT2D eigenvalue weighted by molar-refractivity contribution is 6.31. The van der Waals surface area contributed by atoms with Gasteiger partial charge >= 0.3 is 0 Å². The van der Waals surface area contributed by atoms with Crippen molar-refractivity contribution < 1.29 is 4.79 Å². The van der Waals surface area contributed by atoms with Crippen LogP contribution >= 0.6 is 11.6 Å². The molecule has 1 amide bonds. The summed E-state index contributed by atoms with van der Waals surface area (Å²) >= 11 is 6.03. The van der Waals surface area contributed by atoms with Crippen molar-refractivity contribution in [3.63, 3.8) is 0 Å². The molecular weight excluding hydrogens is 296 g/mol. The van der Waals surface area contributed by atoms with Crippen LogP contribution in [0.3, 0.4) is 0 Å². The van der Waals surface area contributed by atoms with Gasteiger partial charge in [-0.25, -0.2) is 0 Å². The fourth-order valence-corrected chi connectivity index (χ4v) is 2.73. The zero-order chi connectivity index (χ0) is 15.5. The molecule has 0 saturated carbocycles. The molecule has 0 radical (unpaired) electrons. The standard InChI is InChI=1S/C18H17ClN2O/c1-12-3-2-4-13(7-12)10-21-18(22)8-14-11-20-17-6-5-15(19)9-16(14)17/h2-7,9,11,20H,8,10H2,1H3,(H,21,22). The molecule has 0 aliphatic rings. The van der Waals surface area contributed by atoms with Crippen LogP contribution in [0.2, 0.25) is 5.02 Å². The van der Waals surface area contributed by atoms with Gasteiger partial charge in [0, 0.05) is 28.7 Å². The van der Waals surface area contributed by atoms with Gasteiger partial charge in [-0.05, 0) is 36.2 Å². The molecule has 1 heterocycles. The number of benzene rings is 2. The summed E-state index contributed by atoms with van der Waals surface area (Å²) in [4.78, 5) is 15.3. The van der Waals surface area contributed by atoms with Gasteiger partial charge in [0.2, 0.25) is 5.91 Å². The zero-order valence-corrected chi connectivity index (χ0v) is 13.1. The van der Waals surface area contributed by atoms with Crippen molar-refractivity contribution >= 4 is 28.4 Å². The van der Waals surface area contributed by atoms with Crippen molar-refractivity contribution in [2.45, 2.75) is 19.9 Å². The van der Waals surface area contributed by atoms with E-state index in [1.54, 1.807) is 0 Å². The summed E-state index contributed by atoms with van der Waals surface area (Å²) < 4.78 is 0. The molecule has 0 atom stereocenters. The maximum Gasteiger partial charge on any atom is 0.224 e. The van der Waals surface area contributed by atoms with Crippen molar-refractivity contribution in [1.82, 2.24) is 10.3 Å². The number of amides is 1. The molecule has 0 aliphatic heterocycles. The van der Waals surface area contributed by atoms with Crippen LogP contribution in [-0.4, -0.2) is 10.9 Å². The highest BCUT2D eigenvalue weighted by atomic mass is 35.5. The normalized spacial score (nSPS) is 10.8. The fraction of sp³-hybridized carbons (Fsp3) is 0.167. The summed E-state index contributed by atoms with van der Waals surface area (Å²) in [5.74, 6) is 0.00221. The number of nitrogens with one attached hydrogen (secondary N) is 2. The Balaban J connectivity index is 1.67. The highest BCUT2D eigenvalue weighted by Crippen LogP contribution is 2.22. The number of aromatic amines is 1. The molecule has 0 spiro atoms. The number of fused-ring (bicyclic) bond motifs is 1. The molecule has 2 N–H and O–H groups in total. The number of hydrogen-bond donors (Lipinski definition) is 2. The molecule has 0 bridgehead atoms. The third-order valence-corrected chi connectivity index (χ3v) is 3.89. The van der Waals surface area contributed by atoms with Crippen molar-refractivity contribution in [2.24, 2.45) is 0 Å². The topological polar surface area (TPSA) is 44.9 Å². The van der Waals surface area contributed by atoms with E-state index in [0.29, 0.717) is 18.0 Å². The lowest BCUT2D eigenvalue weighted by molar-refractivity contribution is -0.120. The minimum atomic E-state index is 0.00221. The number of rotatable bonds is 4. The molecule has 0 fully saturated rings. The molecule has 3 rings (SSSR count). The second-order valence-electron chi connectivity index (χ2n) is 5.45. The third kappa shape index (κ3) is 3.31. The van der Waals surface area contributed by atoms with Crippen LogP contribution in [0.1, 0.15) is 16.7 Å². The molecule has 3 nitrogen and oxygen atoms in total. The maximum atomic E-state index is 12.1. The van der Waals surface area contributed by atoms with Gasteiger partial charge < -0.3 is 10.3 Å². The largest absolute Gasteiger partial charge is 0.361 e. The van der Waals surface area contributed by atoms with Crippen LogP contribution in [0, 0.1) is 6.92 Å². The number of hydrogen-bond acceptors (Lipinski definition) is 1. The Morgan fingerprint density at radius 1 is 1.23 bits per heavy atom. The van der Waals surface area contributed by atoms with Gasteiger partial charge in [-0.3, -0.25) is 4.79 Å². The second-order valence-corrected chi connectivity index (χ2v) is 5.88. The lowest BCUT2D eigenvalue weighted by Crippen LogP contribution is -2.24. The first kappa shape index (κ1) is 14.7. The molecule has 0 aliphatic carbocycles. The summed E-state index contributed by atoms with van der Waals surface area (Å²) in [5.41, 5.74) is 4.25. The summed E-state index contributed by atoms with van der Waals surface area (Å²) in [7, 11) is 0. The highest BCUT2D eigenvalue weighted by Gasteiger charge is 2.09. The van der Waals surface area contributed by atoms with E-state index in [-0.39, 0.29) is 5.91 Å². The first-order valence-electron chi connectivity index (χ1n) is 7.19. The van der Waals surface area contributed by atoms with Crippen LogP contribution in [0.25, 0.3) is 10.9 Å². The molecule has 0 unspecified atom stereocenters. The lowest BCUT2D eigenvalue weighted by atomic mass is 10.1. The smallest absolute Gasteiger partial charge is 0.224 e. The van der Waals surface area contributed by atoms with E-state index in [2.05, 4.69) is 16.4 Å². The quantitative estimate of drug-likeness (QED) is 0.751. The maximum absolute atomic E-state index is 12.1. The molecule has 112 valence electrons. The number of carbonyl (C=O) groups is 1. The van der Waals surface area contributed by atoms with Gasteiger partial charge in [0.15, 0.2) is 0 Å². The van der Waals surface area contributed by atoms with E-state index >= 15 is 0 Å². The molecule has 0 saturated heterocycles. The van der Waals surface area contributed by atoms with E-state index in [0.717, 1.165) is 22.0 Å². The van der Waals surface area contributed by atoms with Crippen molar-refractivity contribution in [3.05, 3.63) is 70.4 Å². The Labute approximate surface area is 134 Å². The Morgan fingerprint density at radius 3 is 2.91 bits per heavy atom. The van der Waals surface area contributed by atoms with Gasteiger partial charge in [-0.2, -0.15) is 0 Å². The molecule has 4 heteroatoms. The predicted octanol–water partition coefficient (Wildman–Crippen LogP) is 3.99. The number of H-pyrrole nitrogens is 1. The Bertz CT molecular complexity index is 823. The van der Waals surface area contributed by atoms with E-state index in [9.17, 15) is 4.79 Å². The number of aryl methyl sites for hydroxylation is 1. The molecule has 22 heavy (non-hydrogen) atoms. The minimum Gasteiger partial charge on any atom is -0.361 e. The van der Waals surface area contributed by atoms with Crippen LogP contribution in [0.4, 0.5) is 0 Å². The minimum absolute atomic E-state index is 0.00221. The summed E-state index contributed by atoms with van der Waals surface area (Å²) in [6.45, 7) is 2.59. The number of aromatic nitrogens is 1. The summed E-state index contributed by atoms with van der Waals surface area (Å²) in [6.07, 6.45) is 2.21. The van der Waals surface area contributed by atoms with Crippen molar-refractivity contribution in [3.8, 4) is 0 Å². The van der Waals surface area contributed by atoms with E-state index < -0.39 is 0 Å². The van der Waals surface area contributed by atoms with Gasteiger partial charge in [-0.1, -0.05) is 41.4 Å².